The maximum atomic E-state index is 12.9. The van der Waals surface area contributed by atoms with Crippen LogP contribution in [0.2, 0.25) is 0 Å². The van der Waals surface area contributed by atoms with Crippen molar-refractivity contribution in [3.63, 3.8) is 0 Å². The first-order valence-corrected chi connectivity index (χ1v) is 10.3. The Hall–Kier alpha value is -2.60. The van der Waals surface area contributed by atoms with Crippen molar-refractivity contribution >= 4 is 17.4 Å². The summed E-state index contributed by atoms with van der Waals surface area (Å²) in [6.45, 7) is 4.17. The fourth-order valence-electron chi connectivity index (χ4n) is 3.80. The average Bonchev–Trinajstić information content (AvgIpc) is 3.37. The van der Waals surface area contributed by atoms with Crippen molar-refractivity contribution in [3.8, 4) is 0 Å². The first-order valence-electron chi connectivity index (χ1n) is 9.41. The van der Waals surface area contributed by atoms with Crippen LogP contribution in [-0.4, -0.2) is 27.3 Å². The van der Waals surface area contributed by atoms with Gasteiger partial charge >= 0.3 is 6.03 Å². The number of carbonyl (C=O) groups is 1. The third kappa shape index (κ3) is 3.76. The van der Waals surface area contributed by atoms with E-state index in [9.17, 15) is 4.79 Å². The monoisotopic (exact) mass is 380 g/mol. The van der Waals surface area contributed by atoms with Gasteiger partial charge in [-0.25, -0.2) is 4.79 Å². The van der Waals surface area contributed by atoms with Crippen molar-refractivity contribution in [2.45, 2.75) is 38.9 Å². The van der Waals surface area contributed by atoms with Crippen molar-refractivity contribution in [1.82, 2.24) is 20.0 Å². The molecule has 0 saturated heterocycles. The molecule has 1 aromatic carbocycles. The molecular formula is C21H24N4OS. The van der Waals surface area contributed by atoms with Gasteiger partial charge in [0.05, 0.1) is 12.6 Å². The second-order valence-corrected chi connectivity index (χ2v) is 7.80. The van der Waals surface area contributed by atoms with Gasteiger partial charge in [-0.3, -0.25) is 4.68 Å². The number of rotatable bonds is 5. The molecule has 0 radical (unpaired) electrons. The molecule has 0 saturated carbocycles. The molecule has 140 valence electrons. The van der Waals surface area contributed by atoms with Gasteiger partial charge in [0.25, 0.3) is 0 Å². The summed E-state index contributed by atoms with van der Waals surface area (Å²) in [6.07, 6.45) is 5.62. The molecule has 0 bridgehead atoms. The maximum Gasteiger partial charge on any atom is 0.318 e. The molecule has 0 fully saturated rings. The Bertz CT molecular complexity index is 903. The molecule has 5 nitrogen and oxygen atoms in total. The number of carbonyl (C=O) groups excluding carboxylic acids is 1. The molecule has 3 aromatic rings. The first kappa shape index (κ1) is 17.8. The SMILES string of the molecule is CCC1c2ccsc2CCN1C(=O)NCc1ccccc1Cn1cccn1. The van der Waals surface area contributed by atoms with Gasteiger partial charge in [-0.05, 0) is 47.0 Å². The van der Waals surface area contributed by atoms with Gasteiger partial charge in [-0.15, -0.1) is 11.3 Å². The Morgan fingerprint density at radius 2 is 2.11 bits per heavy atom. The van der Waals surface area contributed by atoms with Gasteiger partial charge in [-0.1, -0.05) is 31.2 Å². The summed E-state index contributed by atoms with van der Waals surface area (Å²) in [5.74, 6) is 0. The number of nitrogens with one attached hydrogen (secondary N) is 1. The lowest BCUT2D eigenvalue weighted by Gasteiger charge is -2.35. The number of nitrogens with zero attached hydrogens (tertiary/aromatic N) is 3. The van der Waals surface area contributed by atoms with E-state index in [1.54, 1.807) is 17.5 Å². The quantitative estimate of drug-likeness (QED) is 0.721. The molecule has 1 aliphatic heterocycles. The number of thiophene rings is 1. The molecule has 2 amide bonds. The van der Waals surface area contributed by atoms with Gasteiger partial charge in [0.1, 0.15) is 0 Å². The zero-order valence-corrected chi connectivity index (χ0v) is 16.3. The highest BCUT2D eigenvalue weighted by Gasteiger charge is 2.30. The normalized spacial score (nSPS) is 16.2. The average molecular weight is 381 g/mol. The van der Waals surface area contributed by atoms with E-state index in [0.29, 0.717) is 13.1 Å². The van der Waals surface area contributed by atoms with E-state index >= 15 is 0 Å². The van der Waals surface area contributed by atoms with Crippen LogP contribution >= 0.6 is 11.3 Å². The molecule has 0 spiro atoms. The topological polar surface area (TPSA) is 50.2 Å². The molecule has 6 heteroatoms. The van der Waals surface area contributed by atoms with Gasteiger partial charge in [-0.2, -0.15) is 5.10 Å². The second kappa shape index (κ2) is 7.96. The van der Waals surface area contributed by atoms with Crippen molar-refractivity contribution < 1.29 is 4.79 Å². The molecule has 1 unspecified atom stereocenters. The summed E-state index contributed by atoms with van der Waals surface area (Å²) < 4.78 is 1.90. The standard InChI is InChI=1S/C21H24N4OS/c1-2-19-18-9-13-27-20(18)8-12-25(19)21(26)22-14-16-6-3-4-7-17(16)15-24-11-5-10-23-24/h3-7,9-11,13,19H,2,8,12,14-15H2,1H3,(H,22,26). The Labute approximate surface area is 163 Å². The van der Waals surface area contributed by atoms with Gasteiger partial charge < -0.3 is 10.2 Å². The van der Waals surface area contributed by atoms with E-state index in [1.807, 2.05) is 34.0 Å². The van der Waals surface area contributed by atoms with Crippen molar-refractivity contribution in [2.75, 3.05) is 6.54 Å². The number of fused-ring (bicyclic) bond motifs is 1. The number of hydrogen-bond donors (Lipinski definition) is 1. The van der Waals surface area contributed by atoms with Crippen molar-refractivity contribution in [2.24, 2.45) is 0 Å². The van der Waals surface area contributed by atoms with Gasteiger partial charge in [0.15, 0.2) is 0 Å². The smallest absolute Gasteiger partial charge is 0.318 e. The summed E-state index contributed by atoms with van der Waals surface area (Å²) in [5.41, 5.74) is 3.62. The highest BCUT2D eigenvalue weighted by atomic mass is 32.1. The van der Waals surface area contributed by atoms with Crippen LogP contribution in [0, 0.1) is 0 Å². The first-order chi connectivity index (χ1) is 13.3. The van der Waals surface area contributed by atoms with Crippen LogP contribution in [0.4, 0.5) is 4.79 Å². The molecule has 2 aromatic heterocycles. The summed E-state index contributed by atoms with van der Waals surface area (Å²) in [6, 6.07) is 12.5. The molecule has 1 atom stereocenters. The van der Waals surface area contributed by atoms with Crippen LogP contribution < -0.4 is 5.32 Å². The minimum atomic E-state index is 0.0209. The maximum absolute atomic E-state index is 12.9. The molecular weight excluding hydrogens is 356 g/mol. The summed E-state index contributed by atoms with van der Waals surface area (Å²) in [4.78, 5) is 16.3. The lowest BCUT2D eigenvalue weighted by molar-refractivity contribution is 0.167. The molecule has 1 N–H and O–H groups in total. The summed E-state index contributed by atoms with van der Waals surface area (Å²) >= 11 is 1.81. The van der Waals surface area contributed by atoms with Crippen LogP contribution in [0.15, 0.2) is 54.2 Å². The summed E-state index contributed by atoms with van der Waals surface area (Å²) in [5, 5.41) is 9.56. The third-order valence-electron chi connectivity index (χ3n) is 5.18. The van der Waals surface area contributed by atoms with Gasteiger partial charge in [0, 0.05) is 30.4 Å². The van der Waals surface area contributed by atoms with E-state index in [1.165, 1.54) is 16.0 Å². The third-order valence-corrected chi connectivity index (χ3v) is 6.18. The Balaban J connectivity index is 1.44. The predicted molar refractivity (Wildman–Crippen MR) is 108 cm³/mol. The minimum Gasteiger partial charge on any atom is -0.334 e. The van der Waals surface area contributed by atoms with E-state index in [4.69, 9.17) is 0 Å². The number of hydrogen-bond acceptors (Lipinski definition) is 3. The molecule has 3 heterocycles. The largest absolute Gasteiger partial charge is 0.334 e. The van der Waals surface area contributed by atoms with Crippen LogP contribution in [0.1, 0.15) is 41.0 Å². The Kier molecular flexibility index (Phi) is 5.25. The van der Waals surface area contributed by atoms with E-state index in [2.05, 4.69) is 40.9 Å². The van der Waals surface area contributed by atoms with Crippen LogP contribution in [0.25, 0.3) is 0 Å². The van der Waals surface area contributed by atoms with Gasteiger partial charge in [0.2, 0.25) is 0 Å². The van der Waals surface area contributed by atoms with Crippen LogP contribution in [-0.2, 0) is 19.5 Å². The molecule has 4 rings (SSSR count). The predicted octanol–water partition coefficient (Wildman–Crippen LogP) is 4.21. The van der Waals surface area contributed by atoms with E-state index < -0.39 is 0 Å². The zero-order valence-electron chi connectivity index (χ0n) is 15.5. The van der Waals surface area contributed by atoms with Crippen LogP contribution in [0.5, 0.6) is 0 Å². The summed E-state index contributed by atoms with van der Waals surface area (Å²) in [7, 11) is 0. The highest BCUT2D eigenvalue weighted by Crippen LogP contribution is 2.35. The number of amides is 2. The number of benzene rings is 1. The van der Waals surface area contributed by atoms with Crippen molar-refractivity contribution in [3.05, 3.63) is 75.7 Å². The Morgan fingerprint density at radius 3 is 2.89 bits per heavy atom. The Morgan fingerprint density at radius 1 is 1.26 bits per heavy atom. The van der Waals surface area contributed by atoms with E-state index in [0.717, 1.165) is 24.9 Å². The second-order valence-electron chi connectivity index (χ2n) is 6.80. The zero-order chi connectivity index (χ0) is 18.6. The van der Waals surface area contributed by atoms with Crippen molar-refractivity contribution in [1.29, 1.82) is 0 Å². The number of aromatic nitrogens is 2. The molecule has 0 aliphatic carbocycles. The fourth-order valence-corrected chi connectivity index (χ4v) is 4.73. The fraction of sp³-hybridized carbons (Fsp3) is 0.333. The highest BCUT2D eigenvalue weighted by molar-refractivity contribution is 7.10. The number of urea groups is 1. The van der Waals surface area contributed by atoms with E-state index in [-0.39, 0.29) is 12.1 Å². The molecule has 27 heavy (non-hydrogen) atoms. The minimum absolute atomic E-state index is 0.0209. The lowest BCUT2D eigenvalue weighted by atomic mass is 9.98. The lowest BCUT2D eigenvalue weighted by Crippen LogP contribution is -2.45. The molecule has 1 aliphatic rings. The van der Waals surface area contributed by atoms with Crippen LogP contribution in [0.3, 0.4) is 0 Å².